The summed E-state index contributed by atoms with van der Waals surface area (Å²) in [5, 5.41) is 55.3. The summed E-state index contributed by atoms with van der Waals surface area (Å²) in [6.07, 6.45) is 3.38. The molecule has 0 heterocycles. The van der Waals surface area contributed by atoms with Crippen molar-refractivity contribution >= 4 is 53.7 Å². The molecule has 4 amide bonds. The van der Waals surface area contributed by atoms with E-state index in [1.807, 2.05) is 6.07 Å². The summed E-state index contributed by atoms with van der Waals surface area (Å²) in [7, 11) is 1.05. The molecular formula is C37H46N4O13. The number of carbonyl (C=O) groups excluding carboxylic acids is 5. The van der Waals surface area contributed by atoms with Gasteiger partial charge >= 0.3 is 17.9 Å². The van der Waals surface area contributed by atoms with E-state index < -0.39 is 72.1 Å². The summed E-state index contributed by atoms with van der Waals surface area (Å²) in [5.74, 6) is -8.05. The maximum Gasteiger partial charge on any atom is 0.336 e. The first-order valence-electron chi connectivity index (χ1n) is 17.0. The van der Waals surface area contributed by atoms with E-state index in [2.05, 4.69) is 10.6 Å². The molecule has 0 saturated heterocycles. The van der Waals surface area contributed by atoms with E-state index in [1.54, 1.807) is 54.6 Å². The van der Waals surface area contributed by atoms with Crippen molar-refractivity contribution in [2.24, 2.45) is 0 Å². The smallest absolute Gasteiger partial charge is 0.336 e. The molecule has 292 valence electrons. The van der Waals surface area contributed by atoms with Gasteiger partial charge in [0.15, 0.2) is 5.60 Å². The van der Waals surface area contributed by atoms with Gasteiger partial charge in [-0.25, -0.2) is 24.5 Å². The summed E-state index contributed by atoms with van der Waals surface area (Å²) >= 11 is 0. The fraction of sp³-hybridized carbons (Fsp3) is 0.378. The predicted molar refractivity (Wildman–Crippen MR) is 191 cm³/mol. The molecule has 0 radical (unpaired) electrons. The standard InChI is InChI=1S/C37H46N4O13/c1-54-35(48)29(17-9-11-23-41(53)33(45)21-19-27-14-6-3-7-15-27)39-31(43)25-37(51,36(49)50)24-30(42)38-28(34(46)47)16-8-10-22-40(52)32(44)20-18-26-12-4-2-5-13-26/h2-7,12-15,18-21,28-29,51-53H,8-11,16-17,22-25H2,1H3,(H,38,42)(H,39,43)(H,46,47)(H,49,50)/t28-,29-,37+/m0/s1. The van der Waals surface area contributed by atoms with Crippen LogP contribution in [0, 0.1) is 0 Å². The number of nitrogens with zero attached hydrogens (tertiary/aromatic N) is 2. The lowest BCUT2D eigenvalue weighted by atomic mass is 9.94. The molecule has 2 aromatic rings. The lowest BCUT2D eigenvalue weighted by Gasteiger charge is -2.25. The summed E-state index contributed by atoms with van der Waals surface area (Å²) in [5.41, 5.74) is -1.51. The number of nitrogens with one attached hydrogen (secondary N) is 2. The van der Waals surface area contributed by atoms with E-state index in [4.69, 9.17) is 4.74 Å². The summed E-state index contributed by atoms with van der Waals surface area (Å²) in [6.45, 7) is -0.262. The zero-order chi connectivity index (χ0) is 40.1. The Morgan fingerprint density at radius 3 is 1.48 bits per heavy atom. The molecule has 0 bridgehead atoms. The number of carbonyl (C=O) groups is 7. The number of esters is 1. The molecular weight excluding hydrogens is 708 g/mol. The van der Waals surface area contributed by atoms with Crippen LogP contribution in [0.2, 0.25) is 0 Å². The van der Waals surface area contributed by atoms with E-state index in [1.165, 1.54) is 24.3 Å². The highest BCUT2D eigenvalue weighted by Crippen LogP contribution is 2.18. The summed E-state index contributed by atoms with van der Waals surface area (Å²) in [4.78, 5) is 85.8. The van der Waals surface area contributed by atoms with E-state index >= 15 is 0 Å². The first-order chi connectivity index (χ1) is 25.6. The van der Waals surface area contributed by atoms with Crippen LogP contribution in [0.25, 0.3) is 12.2 Å². The quantitative estimate of drug-likeness (QED) is 0.0282. The number of amides is 4. The normalized spacial score (nSPS) is 13.3. The van der Waals surface area contributed by atoms with Crippen LogP contribution in [-0.4, -0.2) is 115 Å². The second kappa shape index (κ2) is 22.9. The zero-order valence-corrected chi connectivity index (χ0v) is 29.7. The minimum atomic E-state index is -2.99. The zero-order valence-electron chi connectivity index (χ0n) is 29.7. The van der Waals surface area contributed by atoms with Crippen LogP contribution in [0.5, 0.6) is 0 Å². The number of methoxy groups -OCH3 is 1. The number of aliphatic carboxylic acids is 2. The van der Waals surface area contributed by atoms with Crippen LogP contribution >= 0.6 is 0 Å². The molecule has 0 aliphatic carbocycles. The third-order valence-corrected chi connectivity index (χ3v) is 7.93. The van der Waals surface area contributed by atoms with Gasteiger partial charge in [-0.3, -0.25) is 29.6 Å². The van der Waals surface area contributed by atoms with Gasteiger partial charge in [0, 0.05) is 25.2 Å². The lowest BCUT2D eigenvalue weighted by molar-refractivity contribution is -0.165. The molecule has 0 unspecified atom stereocenters. The van der Waals surface area contributed by atoms with Crippen molar-refractivity contribution in [3.8, 4) is 0 Å². The van der Waals surface area contributed by atoms with Gasteiger partial charge in [-0.1, -0.05) is 60.7 Å². The average molecular weight is 755 g/mol. The fourth-order valence-corrected chi connectivity index (χ4v) is 4.96. The lowest BCUT2D eigenvalue weighted by Crippen LogP contribution is -2.51. The second-order valence-electron chi connectivity index (χ2n) is 12.2. The van der Waals surface area contributed by atoms with Gasteiger partial charge in [0.05, 0.1) is 20.0 Å². The summed E-state index contributed by atoms with van der Waals surface area (Å²) < 4.78 is 4.69. The number of aliphatic hydroxyl groups is 1. The molecule has 54 heavy (non-hydrogen) atoms. The van der Waals surface area contributed by atoms with Crippen LogP contribution in [0.3, 0.4) is 0 Å². The predicted octanol–water partition coefficient (Wildman–Crippen LogP) is 2.01. The van der Waals surface area contributed by atoms with Gasteiger partial charge in [-0.05, 0) is 61.8 Å². The van der Waals surface area contributed by atoms with Gasteiger partial charge in [-0.2, -0.15) is 0 Å². The molecule has 3 atom stereocenters. The first-order valence-corrected chi connectivity index (χ1v) is 17.0. The molecule has 0 spiro atoms. The third-order valence-electron chi connectivity index (χ3n) is 7.93. The van der Waals surface area contributed by atoms with Gasteiger partial charge in [0.2, 0.25) is 11.8 Å². The third kappa shape index (κ3) is 16.2. The Kier molecular flexibility index (Phi) is 18.8. The SMILES string of the molecule is COC(=O)[C@H](CCCCN(O)C(=O)C=Cc1ccccc1)NC(=O)C[C@](O)(CC(=O)N[C@@H](CCCCN(O)C(=O)C=Cc1ccccc1)C(=O)O)C(=O)O. The monoisotopic (exact) mass is 754 g/mol. The van der Waals surface area contributed by atoms with Crippen LogP contribution in [0.15, 0.2) is 72.8 Å². The van der Waals surface area contributed by atoms with Gasteiger partial charge in [0.1, 0.15) is 12.1 Å². The Hall–Kier alpha value is -5.91. The van der Waals surface area contributed by atoms with Gasteiger partial charge < -0.3 is 30.7 Å². The minimum absolute atomic E-state index is 0.0564. The average Bonchev–Trinajstić information content (AvgIpc) is 3.15. The molecule has 0 aliphatic heterocycles. The highest BCUT2D eigenvalue weighted by Gasteiger charge is 2.42. The van der Waals surface area contributed by atoms with E-state index in [-0.39, 0.29) is 51.6 Å². The van der Waals surface area contributed by atoms with Crippen LogP contribution in [0.1, 0.15) is 62.5 Å². The molecule has 0 saturated carbocycles. The van der Waals surface area contributed by atoms with E-state index in [0.29, 0.717) is 10.1 Å². The maximum atomic E-state index is 12.8. The van der Waals surface area contributed by atoms with Crippen molar-refractivity contribution in [1.82, 2.24) is 20.8 Å². The van der Waals surface area contributed by atoms with Crippen LogP contribution in [0.4, 0.5) is 0 Å². The van der Waals surface area contributed by atoms with Crippen LogP contribution in [-0.2, 0) is 38.3 Å². The van der Waals surface area contributed by atoms with Gasteiger partial charge in [0.25, 0.3) is 11.8 Å². The van der Waals surface area contributed by atoms with E-state index in [9.17, 15) is 59.3 Å². The molecule has 2 aromatic carbocycles. The highest BCUT2D eigenvalue weighted by atomic mass is 16.5. The van der Waals surface area contributed by atoms with Crippen molar-refractivity contribution in [3.05, 3.63) is 83.9 Å². The Labute approximate surface area is 311 Å². The molecule has 7 N–H and O–H groups in total. The fourth-order valence-electron chi connectivity index (χ4n) is 4.96. The molecule has 17 nitrogen and oxygen atoms in total. The van der Waals surface area contributed by atoms with Crippen molar-refractivity contribution in [2.75, 3.05) is 20.2 Å². The van der Waals surface area contributed by atoms with Gasteiger partial charge in [-0.15, -0.1) is 0 Å². The van der Waals surface area contributed by atoms with Crippen molar-refractivity contribution < 1.29 is 64.0 Å². The molecule has 0 fully saturated rings. The molecule has 17 heteroatoms. The van der Waals surface area contributed by atoms with Crippen LogP contribution < -0.4 is 10.6 Å². The number of carboxylic acids is 2. The second-order valence-corrected chi connectivity index (χ2v) is 12.2. The number of rotatable bonds is 23. The number of benzene rings is 2. The Morgan fingerprint density at radius 1 is 0.685 bits per heavy atom. The highest BCUT2D eigenvalue weighted by molar-refractivity contribution is 5.94. The Morgan fingerprint density at radius 2 is 1.09 bits per heavy atom. The number of hydroxylamine groups is 4. The molecule has 0 aliphatic rings. The van der Waals surface area contributed by atoms with Crippen molar-refractivity contribution in [1.29, 1.82) is 0 Å². The number of carboxylic acid groups (broad SMARTS) is 2. The number of hydrogen-bond donors (Lipinski definition) is 7. The largest absolute Gasteiger partial charge is 0.480 e. The summed E-state index contributed by atoms with van der Waals surface area (Å²) in [6, 6.07) is 14.9. The number of unbranched alkanes of at least 4 members (excludes halogenated alkanes) is 2. The van der Waals surface area contributed by atoms with Crippen molar-refractivity contribution in [2.45, 2.75) is 69.1 Å². The topological polar surface area (TPSA) is 260 Å². The molecule has 2 rings (SSSR count). The first kappa shape index (κ1) is 44.3. The van der Waals surface area contributed by atoms with E-state index in [0.717, 1.165) is 18.2 Å². The maximum absolute atomic E-state index is 12.8. The Bertz CT molecular complexity index is 1630. The number of hydrogen-bond acceptors (Lipinski definition) is 11. The number of ether oxygens (including phenoxy) is 1. The minimum Gasteiger partial charge on any atom is -0.480 e. The van der Waals surface area contributed by atoms with Crippen molar-refractivity contribution in [3.63, 3.8) is 0 Å². The Balaban J connectivity index is 1.85. The molecule has 0 aromatic heterocycles.